The van der Waals surface area contributed by atoms with Crippen LogP contribution in [0.5, 0.6) is 0 Å². The van der Waals surface area contributed by atoms with Gasteiger partial charge in [-0.05, 0) is 0 Å². The fourth-order valence-corrected chi connectivity index (χ4v) is 1.34. The molecule has 0 bridgehead atoms. The zero-order chi connectivity index (χ0) is 5.28. The molecule has 0 aliphatic carbocycles. The summed E-state index contributed by atoms with van der Waals surface area (Å²) in [4.78, 5) is 1.40. The summed E-state index contributed by atoms with van der Waals surface area (Å²) in [5.41, 5.74) is 0. The van der Waals surface area contributed by atoms with Gasteiger partial charge >= 0.3 is 47.7 Å². The van der Waals surface area contributed by atoms with Crippen LogP contribution in [0, 0.1) is 13.8 Å². The van der Waals surface area contributed by atoms with Gasteiger partial charge in [-0.3, -0.25) is 0 Å². The Morgan fingerprint density at radius 1 is 1.57 bits per heavy atom. The number of hydrogen-bond acceptors (Lipinski definition) is 1. The molecular weight excluding hydrogens is 103 g/mol. The fourth-order valence-electron chi connectivity index (χ4n) is 0.557. The first kappa shape index (κ1) is 5.04. The summed E-state index contributed by atoms with van der Waals surface area (Å²) in [7, 11) is 0. The molecule has 36 valence electrons. The van der Waals surface area contributed by atoms with E-state index >= 15 is 0 Å². The quantitative estimate of drug-likeness (QED) is 0.476. The van der Waals surface area contributed by atoms with Crippen molar-refractivity contribution < 1.29 is 0 Å². The van der Waals surface area contributed by atoms with E-state index in [2.05, 4.69) is 26.7 Å². The van der Waals surface area contributed by atoms with Crippen molar-refractivity contribution in [2.45, 2.75) is 13.8 Å². The molecule has 0 unspecified atom stereocenters. The summed E-state index contributed by atoms with van der Waals surface area (Å²) in [6.45, 7) is 6.38. The molecule has 0 N–H and O–H groups in total. The van der Waals surface area contributed by atoms with Crippen LogP contribution in [0.4, 0.5) is 0 Å². The molecule has 2 heteroatoms. The maximum absolute atomic E-state index is 2.14. The van der Waals surface area contributed by atoms with E-state index in [1.54, 1.807) is 0 Å². The van der Waals surface area contributed by atoms with E-state index in [1.165, 1.54) is 9.65 Å². The Balaban J connectivity index is 3.04. The molecule has 0 nitrogen and oxygen atoms in total. The third-order valence-electron chi connectivity index (χ3n) is 0.875. The predicted molar refractivity (Wildman–Crippen MR) is 35.1 cm³/mol. The Bertz CT molecular complexity index is 140. The zero-order valence-electron chi connectivity index (χ0n) is 4.56. The summed E-state index contributed by atoms with van der Waals surface area (Å²) in [5.74, 6) is 2.14. The third-order valence-corrected chi connectivity index (χ3v) is 1.79. The summed E-state index contributed by atoms with van der Waals surface area (Å²) >= 11 is 1.84. The molecule has 0 spiro atoms. The second-order valence-electron chi connectivity index (χ2n) is 1.66. The van der Waals surface area contributed by atoms with Crippen molar-refractivity contribution in [2.24, 2.45) is 0 Å². The molecule has 1 heterocycles. The van der Waals surface area contributed by atoms with Gasteiger partial charge < -0.3 is 0 Å². The molecule has 7 heavy (non-hydrogen) atoms. The first-order valence-corrected chi connectivity index (χ1v) is 3.14. The molecular formula is C5H7BS. The molecule has 0 aromatic carbocycles. The summed E-state index contributed by atoms with van der Waals surface area (Å²) in [6.07, 6.45) is 0. The van der Waals surface area contributed by atoms with Gasteiger partial charge in [-0.15, -0.1) is 0 Å². The number of aryl methyl sites for hydroxylation is 2. The van der Waals surface area contributed by atoms with Gasteiger partial charge in [0, 0.05) is 0 Å². The van der Waals surface area contributed by atoms with Crippen LogP contribution in [0.3, 0.4) is 0 Å². The fraction of sp³-hybridized carbons (Fsp3) is 0.400. The first-order chi connectivity index (χ1) is 3.29. The molecule has 0 amide bonds. The van der Waals surface area contributed by atoms with E-state index in [4.69, 9.17) is 0 Å². The molecule has 0 aliphatic heterocycles. The Morgan fingerprint density at radius 3 is 2.43 bits per heavy atom. The van der Waals surface area contributed by atoms with Gasteiger partial charge in [0.15, 0.2) is 0 Å². The van der Waals surface area contributed by atoms with Gasteiger partial charge in [0.2, 0.25) is 0 Å². The average Bonchev–Trinajstić information content (AvgIpc) is 1.87. The van der Waals surface area contributed by atoms with Gasteiger partial charge in [-0.25, -0.2) is 0 Å². The third kappa shape index (κ3) is 1.13. The molecule has 0 saturated carbocycles. The molecule has 1 aromatic rings. The molecule has 0 atom stereocenters. The number of rotatable bonds is 0. The second kappa shape index (κ2) is 1.79. The van der Waals surface area contributed by atoms with Crippen molar-refractivity contribution in [3.63, 3.8) is 0 Å². The minimum absolute atomic E-state index is 1.40. The van der Waals surface area contributed by atoms with E-state index in [0.717, 1.165) is 0 Å². The van der Waals surface area contributed by atoms with Gasteiger partial charge in [0.25, 0.3) is 0 Å². The van der Waals surface area contributed by atoms with Gasteiger partial charge in [-0.2, -0.15) is 0 Å². The van der Waals surface area contributed by atoms with E-state index < -0.39 is 0 Å². The standard InChI is InChI=1S/C5H7BS/c1-4-3-6-5(2)7-4/h3H,1-2H3. The second-order valence-corrected chi connectivity index (χ2v) is 3.15. The Labute approximate surface area is 48.4 Å². The van der Waals surface area contributed by atoms with Gasteiger partial charge in [0.1, 0.15) is 0 Å². The minimum atomic E-state index is 1.40. The Hall–Kier alpha value is -0.105. The van der Waals surface area contributed by atoms with Crippen molar-refractivity contribution in [2.75, 3.05) is 0 Å². The molecule has 0 fully saturated rings. The Morgan fingerprint density at radius 2 is 2.29 bits per heavy atom. The van der Waals surface area contributed by atoms with Crippen LogP contribution in [0.2, 0.25) is 0 Å². The molecule has 0 aliphatic rings. The van der Waals surface area contributed by atoms with E-state index in [9.17, 15) is 0 Å². The first-order valence-electron chi connectivity index (χ1n) is 2.32. The van der Waals surface area contributed by atoms with Crippen molar-refractivity contribution in [3.05, 3.63) is 15.6 Å². The van der Waals surface area contributed by atoms with Gasteiger partial charge in [0.05, 0.1) is 0 Å². The van der Waals surface area contributed by atoms with E-state index in [-0.39, 0.29) is 0 Å². The van der Waals surface area contributed by atoms with Crippen LogP contribution >= 0.6 is 11.3 Å². The van der Waals surface area contributed by atoms with Crippen molar-refractivity contribution in [3.8, 4) is 0 Å². The summed E-state index contributed by atoms with van der Waals surface area (Å²) in [6, 6.07) is 0. The summed E-state index contributed by atoms with van der Waals surface area (Å²) < 4.78 is 1.40. The van der Waals surface area contributed by atoms with Crippen LogP contribution in [0.15, 0.2) is 5.96 Å². The van der Waals surface area contributed by atoms with Crippen LogP contribution in [-0.4, -0.2) is 6.91 Å². The van der Waals surface area contributed by atoms with Crippen LogP contribution in [0.25, 0.3) is 0 Å². The van der Waals surface area contributed by atoms with E-state index in [1.807, 2.05) is 11.3 Å². The van der Waals surface area contributed by atoms with Crippen LogP contribution < -0.4 is 0 Å². The van der Waals surface area contributed by atoms with Crippen molar-refractivity contribution >= 4 is 18.2 Å². The van der Waals surface area contributed by atoms with E-state index in [0.29, 0.717) is 0 Å². The number of hydrogen-bond donors (Lipinski definition) is 0. The molecule has 1 aromatic heterocycles. The maximum atomic E-state index is 2.14. The average molecular weight is 110 g/mol. The molecule has 0 radical (unpaired) electrons. The Kier molecular flexibility index (Phi) is 1.29. The molecule has 0 saturated heterocycles. The topological polar surface area (TPSA) is 0 Å². The predicted octanol–water partition coefficient (Wildman–Crippen LogP) is 1.70. The van der Waals surface area contributed by atoms with Gasteiger partial charge in [-0.1, -0.05) is 0 Å². The zero-order valence-corrected chi connectivity index (χ0v) is 5.38. The normalized spacial score (nSPS) is 8.86. The van der Waals surface area contributed by atoms with Crippen LogP contribution in [-0.2, 0) is 0 Å². The van der Waals surface area contributed by atoms with Crippen molar-refractivity contribution in [1.29, 1.82) is 0 Å². The van der Waals surface area contributed by atoms with Crippen LogP contribution in [0.1, 0.15) is 9.65 Å². The summed E-state index contributed by atoms with van der Waals surface area (Å²) in [5, 5.41) is 0. The molecule has 1 rings (SSSR count). The van der Waals surface area contributed by atoms with Crippen molar-refractivity contribution in [1.82, 2.24) is 0 Å². The SMILES string of the molecule is Cc1bcc(C)s1. The monoisotopic (exact) mass is 110 g/mol.